The van der Waals surface area contributed by atoms with E-state index in [-0.39, 0.29) is 5.25 Å². The van der Waals surface area contributed by atoms with E-state index in [0.717, 1.165) is 16.9 Å². The summed E-state index contributed by atoms with van der Waals surface area (Å²) in [6, 6.07) is 17.3. The molecule has 7 nitrogen and oxygen atoms in total. The Morgan fingerprint density at radius 3 is 2.52 bits per heavy atom. The number of aromatic amines is 1. The van der Waals surface area contributed by atoms with Gasteiger partial charge in [0, 0.05) is 11.1 Å². The highest BCUT2D eigenvalue weighted by Gasteiger charge is 2.18. The topological polar surface area (TPSA) is 89.7 Å². The average molecular weight is 379 g/mol. The van der Waals surface area contributed by atoms with Crippen LogP contribution in [0.25, 0.3) is 22.8 Å². The van der Waals surface area contributed by atoms with Crippen LogP contribution in [0, 0.1) is 0 Å². The molecule has 0 saturated heterocycles. The SMILES string of the molecule is COc1ccc(-c2nc(S[C@@H](C)c3nnc(-c4ccccc4)o3)n[nH]2)cc1. The molecule has 0 amide bonds. The predicted octanol–water partition coefficient (Wildman–Crippen LogP) is 4.38. The first kappa shape index (κ1) is 17.3. The van der Waals surface area contributed by atoms with Gasteiger partial charge in [-0.3, -0.25) is 5.10 Å². The van der Waals surface area contributed by atoms with Gasteiger partial charge in [-0.25, -0.2) is 4.98 Å². The standard InChI is InChI=1S/C19H17N5O2S/c1-12(17-22-23-18(26-17)14-6-4-3-5-7-14)27-19-20-16(21-24-19)13-8-10-15(25-2)11-9-13/h3-12H,1-2H3,(H,20,21,24)/t12-/m0/s1. The van der Waals surface area contributed by atoms with Crippen LogP contribution in [0.4, 0.5) is 0 Å². The number of methoxy groups -OCH3 is 1. The number of thioether (sulfide) groups is 1. The summed E-state index contributed by atoms with van der Waals surface area (Å²) in [5, 5.41) is 16.1. The third-order valence-electron chi connectivity index (χ3n) is 3.92. The fourth-order valence-electron chi connectivity index (χ4n) is 2.48. The number of benzene rings is 2. The summed E-state index contributed by atoms with van der Waals surface area (Å²) in [5.41, 5.74) is 1.83. The van der Waals surface area contributed by atoms with Crippen LogP contribution in [0.1, 0.15) is 18.1 Å². The summed E-state index contributed by atoms with van der Waals surface area (Å²) >= 11 is 1.45. The molecule has 4 rings (SSSR count). The molecular formula is C19H17N5O2S. The molecule has 4 aromatic rings. The second kappa shape index (κ2) is 7.63. The Kier molecular flexibility index (Phi) is 4.88. The number of ether oxygens (including phenoxy) is 1. The lowest BCUT2D eigenvalue weighted by molar-refractivity contribution is 0.415. The van der Waals surface area contributed by atoms with Crippen molar-refractivity contribution < 1.29 is 9.15 Å². The maximum atomic E-state index is 5.80. The third-order valence-corrected chi connectivity index (χ3v) is 4.87. The summed E-state index contributed by atoms with van der Waals surface area (Å²) in [4.78, 5) is 4.53. The van der Waals surface area contributed by atoms with Crippen LogP contribution >= 0.6 is 11.8 Å². The first-order chi connectivity index (χ1) is 13.2. The van der Waals surface area contributed by atoms with Crippen LogP contribution in [0.15, 0.2) is 64.2 Å². The van der Waals surface area contributed by atoms with Crippen molar-refractivity contribution in [1.82, 2.24) is 25.4 Å². The first-order valence-corrected chi connectivity index (χ1v) is 9.23. The number of hydrogen-bond acceptors (Lipinski definition) is 7. The molecule has 2 aromatic carbocycles. The van der Waals surface area contributed by atoms with Crippen molar-refractivity contribution in [2.75, 3.05) is 7.11 Å². The zero-order valence-corrected chi connectivity index (χ0v) is 15.6. The van der Waals surface area contributed by atoms with Crippen LogP contribution in [0.2, 0.25) is 0 Å². The van der Waals surface area contributed by atoms with Crippen molar-refractivity contribution in [2.24, 2.45) is 0 Å². The van der Waals surface area contributed by atoms with Crippen molar-refractivity contribution in [3.63, 3.8) is 0 Å². The highest BCUT2D eigenvalue weighted by Crippen LogP contribution is 2.34. The lowest BCUT2D eigenvalue weighted by atomic mass is 10.2. The summed E-state index contributed by atoms with van der Waals surface area (Å²) in [6.45, 7) is 1.98. The molecule has 27 heavy (non-hydrogen) atoms. The monoisotopic (exact) mass is 379 g/mol. The molecule has 0 radical (unpaired) electrons. The van der Waals surface area contributed by atoms with E-state index in [1.165, 1.54) is 11.8 Å². The van der Waals surface area contributed by atoms with Crippen molar-refractivity contribution in [2.45, 2.75) is 17.3 Å². The molecule has 136 valence electrons. The largest absolute Gasteiger partial charge is 0.497 e. The Morgan fingerprint density at radius 1 is 1.00 bits per heavy atom. The Labute approximate surface area is 160 Å². The van der Waals surface area contributed by atoms with Crippen LogP contribution in [-0.4, -0.2) is 32.5 Å². The van der Waals surface area contributed by atoms with Gasteiger partial charge in [-0.1, -0.05) is 30.0 Å². The van der Waals surface area contributed by atoms with Gasteiger partial charge < -0.3 is 9.15 Å². The van der Waals surface area contributed by atoms with Crippen LogP contribution < -0.4 is 4.74 Å². The van der Waals surface area contributed by atoms with Crippen LogP contribution in [0.5, 0.6) is 5.75 Å². The molecule has 0 fully saturated rings. The average Bonchev–Trinajstić information content (AvgIpc) is 3.39. The Balaban J connectivity index is 1.46. The molecule has 8 heteroatoms. The molecule has 2 aromatic heterocycles. The molecule has 0 aliphatic carbocycles. The van der Waals surface area contributed by atoms with Gasteiger partial charge in [-0.05, 0) is 43.3 Å². The zero-order valence-electron chi connectivity index (χ0n) is 14.8. The minimum absolute atomic E-state index is 0.0746. The van der Waals surface area contributed by atoms with Crippen molar-refractivity contribution in [1.29, 1.82) is 0 Å². The lowest BCUT2D eigenvalue weighted by Gasteiger charge is -2.02. The van der Waals surface area contributed by atoms with Crippen molar-refractivity contribution >= 4 is 11.8 Å². The second-order valence-electron chi connectivity index (χ2n) is 5.77. The second-order valence-corrected chi connectivity index (χ2v) is 7.07. The van der Waals surface area contributed by atoms with Gasteiger partial charge in [0.1, 0.15) is 5.75 Å². The maximum absolute atomic E-state index is 5.80. The van der Waals surface area contributed by atoms with E-state index in [4.69, 9.17) is 9.15 Å². The number of rotatable bonds is 6. The van der Waals surface area contributed by atoms with Crippen molar-refractivity contribution in [3.8, 4) is 28.6 Å². The molecule has 1 N–H and O–H groups in total. The minimum Gasteiger partial charge on any atom is -0.497 e. The summed E-state index contributed by atoms with van der Waals surface area (Å²) in [6.07, 6.45) is 0. The van der Waals surface area contributed by atoms with Gasteiger partial charge in [0.2, 0.25) is 16.9 Å². The smallest absolute Gasteiger partial charge is 0.247 e. The van der Waals surface area contributed by atoms with E-state index >= 15 is 0 Å². The highest BCUT2D eigenvalue weighted by molar-refractivity contribution is 7.99. The lowest BCUT2D eigenvalue weighted by Crippen LogP contribution is -1.89. The quantitative estimate of drug-likeness (QED) is 0.497. The van der Waals surface area contributed by atoms with Gasteiger partial charge >= 0.3 is 0 Å². The maximum Gasteiger partial charge on any atom is 0.247 e. The molecule has 0 aliphatic heterocycles. The minimum atomic E-state index is -0.0746. The predicted molar refractivity (Wildman–Crippen MR) is 102 cm³/mol. The van der Waals surface area contributed by atoms with Crippen LogP contribution in [-0.2, 0) is 0 Å². The van der Waals surface area contributed by atoms with Gasteiger partial charge in [-0.15, -0.1) is 15.3 Å². The zero-order chi connectivity index (χ0) is 18.6. The Hall–Kier alpha value is -3.13. The molecule has 2 heterocycles. The van der Waals surface area contributed by atoms with E-state index in [1.807, 2.05) is 61.5 Å². The fraction of sp³-hybridized carbons (Fsp3) is 0.158. The number of nitrogens with zero attached hydrogens (tertiary/aromatic N) is 4. The van der Waals surface area contributed by atoms with E-state index in [1.54, 1.807) is 7.11 Å². The molecule has 0 aliphatic rings. The van der Waals surface area contributed by atoms with Crippen molar-refractivity contribution in [3.05, 3.63) is 60.5 Å². The normalized spacial score (nSPS) is 12.1. The highest BCUT2D eigenvalue weighted by atomic mass is 32.2. The molecule has 0 spiro atoms. The van der Waals surface area contributed by atoms with E-state index in [0.29, 0.717) is 22.8 Å². The van der Waals surface area contributed by atoms with E-state index < -0.39 is 0 Å². The summed E-state index contributed by atoms with van der Waals surface area (Å²) in [5.74, 6) is 2.54. The fourth-order valence-corrected chi connectivity index (χ4v) is 3.24. The number of aromatic nitrogens is 5. The number of H-pyrrole nitrogens is 1. The van der Waals surface area contributed by atoms with Gasteiger partial charge in [0.25, 0.3) is 0 Å². The van der Waals surface area contributed by atoms with E-state index in [2.05, 4.69) is 25.4 Å². The summed E-state index contributed by atoms with van der Waals surface area (Å²) in [7, 11) is 1.64. The first-order valence-electron chi connectivity index (χ1n) is 8.35. The molecular weight excluding hydrogens is 362 g/mol. The summed E-state index contributed by atoms with van der Waals surface area (Å²) < 4.78 is 11.0. The molecule has 0 unspecified atom stereocenters. The Bertz CT molecular complexity index is 1010. The molecule has 1 atom stereocenters. The van der Waals surface area contributed by atoms with Crippen LogP contribution in [0.3, 0.4) is 0 Å². The van der Waals surface area contributed by atoms with Gasteiger partial charge in [0.05, 0.1) is 12.4 Å². The number of nitrogens with one attached hydrogen (secondary N) is 1. The molecule has 0 bridgehead atoms. The van der Waals surface area contributed by atoms with Gasteiger partial charge in [0.15, 0.2) is 5.82 Å². The van der Waals surface area contributed by atoms with Gasteiger partial charge in [-0.2, -0.15) is 0 Å². The molecule has 0 saturated carbocycles. The Morgan fingerprint density at radius 2 is 1.78 bits per heavy atom. The van der Waals surface area contributed by atoms with E-state index in [9.17, 15) is 0 Å². The third kappa shape index (κ3) is 3.85. The number of hydrogen-bond donors (Lipinski definition) is 1.